The number of nitrogens with zero attached hydrogens (tertiary/aromatic N) is 2. The van der Waals surface area contributed by atoms with Crippen LogP contribution in [0.1, 0.15) is 24.4 Å². The highest BCUT2D eigenvalue weighted by Gasteiger charge is 2.13. The van der Waals surface area contributed by atoms with Crippen molar-refractivity contribution in [1.82, 2.24) is 14.7 Å². The van der Waals surface area contributed by atoms with Crippen molar-refractivity contribution in [3.05, 3.63) is 34.9 Å². The van der Waals surface area contributed by atoms with Crippen molar-refractivity contribution < 1.29 is 0 Å². The van der Waals surface area contributed by atoms with E-state index in [1.54, 1.807) is 0 Å². The number of imidazole rings is 1. The van der Waals surface area contributed by atoms with Gasteiger partial charge in [0.05, 0.1) is 11.6 Å². The minimum Gasteiger partial charge on any atom is -0.311 e. The van der Waals surface area contributed by atoms with E-state index in [0.717, 1.165) is 11.3 Å². The fourth-order valence-corrected chi connectivity index (χ4v) is 1.84. The van der Waals surface area contributed by atoms with Gasteiger partial charge in [0.1, 0.15) is 5.82 Å². The molecule has 3 nitrogen and oxygen atoms in total. The SMILES string of the molecule is CNC(C)c1nc(Cl)c2cc(C)ccn12. The van der Waals surface area contributed by atoms with Gasteiger partial charge in [0.25, 0.3) is 0 Å². The molecule has 1 unspecified atom stereocenters. The van der Waals surface area contributed by atoms with Crippen molar-refractivity contribution in [2.45, 2.75) is 19.9 Å². The molecule has 2 heterocycles. The van der Waals surface area contributed by atoms with Crippen LogP contribution >= 0.6 is 11.6 Å². The highest BCUT2D eigenvalue weighted by atomic mass is 35.5. The summed E-state index contributed by atoms with van der Waals surface area (Å²) >= 11 is 6.09. The second kappa shape index (κ2) is 3.83. The van der Waals surface area contributed by atoms with Crippen LogP contribution in [0.3, 0.4) is 0 Å². The van der Waals surface area contributed by atoms with E-state index < -0.39 is 0 Å². The van der Waals surface area contributed by atoms with Crippen molar-refractivity contribution in [1.29, 1.82) is 0 Å². The number of halogens is 1. The van der Waals surface area contributed by atoms with Gasteiger partial charge in [-0.2, -0.15) is 0 Å². The van der Waals surface area contributed by atoms with Crippen molar-refractivity contribution in [2.24, 2.45) is 0 Å². The van der Waals surface area contributed by atoms with E-state index in [1.807, 2.05) is 30.6 Å². The van der Waals surface area contributed by atoms with Crippen molar-refractivity contribution >= 4 is 17.1 Å². The Morgan fingerprint density at radius 3 is 2.93 bits per heavy atom. The maximum atomic E-state index is 6.09. The van der Waals surface area contributed by atoms with Crippen LogP contribution in [-0.4, -0.2) is 16.4 Å². The monoisotopic (exact) mass is 223 g/mol. The zero-order chi connectivity index (χ0) is 11.0. The molecule has 0 saturated carbocycles. The standard InChI is InChI=1S/C11H14ClN3/c1-7-4-5-15-9(6-7)10(12)14-11(15)8(2)13-3/h4-6,8,13H,1-3H3. The molecule has 0 aromatic carbocycles. The molecule has 0 bridgehead atoms. The van der Waals surface area contributed by atoms with E-state index in [1.165, 1.54) is 5.56 Å². The van der Waals surface area contributed by atoms with Gasteiger partial charge in [-0.05, 0) is 38.6 Å². The first kappa shape index (κ1) is 10.5. The molecule has 0 radical (unpaired) electrons. The lowest BCUT2D eigenvalue weighted by Gasteiger charge is -2.08. The maximum Gasteiger partial charge on any atom is 0.155 e. The molecule has 2 rings (SSSR count). The van der Waals surface area contributed by atoms with Gasteiger partial charge in [-0.3, -0.25) is 0 Å². The Labute approximate surface area is 94.1 Å². The lowest BCUT2D eigenvalue weighted by atomic mass is 10.3. The zero-order valence-corrected chi connectivity index (χ0v) is 9.84. The van der Waals surface area contributed by atoms with Crippen LogP contribution in [0.5, 0.6) is 0 Å². The fraction of sp³-hybridized carbons (Fsp3) is 0.364. The Hall–Kier alpha value is -1.06. The lowest BCUT2D eigenvalue weighted by Crippen LogP contribution is -2.15. The summed E-state index contributed by atoms with van der Waals surface area (Å²) in [5.74, 6) is 0.942. The first-order chi connectivity index (χ1) is 7.13. The van der Waals surface area contributed by atoms with Gasteiger partial charge in [0, 0.05) is 6.20 Å². The predicted molar refractivity (Wildman–Crippen MR) is 62.4 cm³/mol. The van der Waals surface area contributed by atoms with Gasteiger partial charge in [-0.15, -0.1) is 0 Å². The third-order valence-corrected chi connectivity index (χ3v) is 2.88. The molecular weight excluding hydrogens is 210 g/mol. The van der Waals surface area contributed by atoms with Crippen LogP contribution in [0, 0.1) is 6.92 Å². The van der Waals surface area contributed by atoms with E-state index in [0.29, 0.717) is 5.15 Å². The number of fused-ring (bicyclic) bond motifs is 1. The van der Waals surface area contributed by atoms with Crippen LogP contribution in [0.2, 0.25) is 5.15 Å². The average molecular weight is 224 g/mol. The van der Waals surface area contributed by atoms with E-state index >= 15 is 0 Å². The molecule has 0 aliphatic heterocycles. The Kier molecular flexibility index (Phi) is 2.67. The van der Waals surface area contributed by atoms with Crippen molar-refractivity contribution in [3.63, 3.8) is 0 Å². The minimum atomic E-state index is 0.188. The van der Waals surface area contributed by atoms with Gasteiger partial charge >= 0.3 is 0 Å². The second-order valence-corrected chi connectivity index (χ2v) is 4.09. The van der Waals surface area contributed by atoms with Crippen LogP contribution in [0.25, 0.3) is 5.52 Å². The van der Waals surface area contributed by atoms with Gasteiger partial charge in [0.2, 0.25) is 0 Å². The molecule has 0 spiro atoms. The number of nitrogens with one attached hydrogen (secondary N) is 1. The van der Waals surface area contributed by atoms with Crippen LogP contribution < -0.4 is 5.32 Å². The zero-order valence-electron chi connectivity index (χ0n) is 9.08. The summed E-state index contributed by atoms with van der Waals surface area (Å²) in [6.45, 7) is 4.11. The molecule has 80 valence electrons. The van der Waals surface area contributed by atoms with Crippen LogP contribution in [-0.2, 0) is 0 Å². The van der Waals surface area contributed by atoms with Gasteiger partial charge in [0.15, 0.2) is 5.15 Å². The summed E-state index contributed by atoms with van der Waals surface area (Å²) in [6, 6.07) is 4.28. The van der Waals surface area contributed by atoms with E-state index in [9.17, 15) is 0 Å². The lowest BCUT2D eigenvalue weighted by molar-refractivity contribution is 0.608. The predicted octanol–water partition coefficient (Wildman–Crippen LogP) is 2.58. The highest BCUT2D eigenvalue weighted by molar-refractivity contribution is 6.32. The van der Waals surface area contributed by atoms with Gasteiger partial charge in [-0.1, -0.05) is 11.6 Å². The molecule has 2 aromatic heterocycles. The van der Waals surface area contributed by atoms with Crippen LogP contribution in [0.4, 0.5) is 0 Å². The largest absolute Gasteiger partial charge is 0.311 e. The summed E-state index contributed by atoms with van der Waals surface area (Å²) < 4.78 is 2.02. The summed E-state index contributed by atoms with van der Waals surface area (Å²) in [7, 11) is 1.91. The third-order valence-electron chi connectivity index (χ3n) is 2.60. The molecule has 0 fully saturated rings. The van der Waals surface area contributed by atoms with Gasteiger partial charge in [-0.25, -0.2) is 4.98 Å². The first-order valence-corrected chi connectivity index (χ1v) is 5.32. The Morgan fingerprint density at radius 2 is 2.27 bits per heavy atom. The van der Waals surface area contributed by atoms with E-state index in [4.69, 9.17) is 11.6 Å². The fourth-order valence-electron chi connectivity index (χ4n) is 1.61. The molecular formula is C11H14ClN3. The minimum absolute atomic E-state index is 0.188. The first-order valence-electron chi connectivity index (χ1n) is 4.95. The number of aryl methyl sites for hydroxylation is 1. The smallest absolute Gasteiger partial charge is 0.155 e. The average Bonchev–Trinajstić information content (AvgIpc) is 2.55. The Bertz CT molecular complexity index is 490. The molecule has 1 N–H and O–H groups in total. The molecule has 2 aromatic rings. The number of hydrogen-bond acceptors (Lipinski definition) is 2. The van der Waals surface area contributed by atoms with E-state index in [2.05, 4.69) is 23.3 Å². The van der Waals surface area contributed by atoms with Crippen molar-refractivity contribution in [2.75, 3.05) is 7.05 Å². The number of hydrogen-bond donors (Lipinski definition) is 1. The number of rotatable bonds is 2. The van der Waals surface area contributed by atoms with Gasteiger partial charge < -0.3 is 9.72 Å². The third kappa shape index (κ3) is 1.73. The quantitative estimate of drug-likeness (QED) is 0.848. The molecule has 4 heteroatoms. The summed E-state index contributed by atoms with van der Waals surface area (Å²) in [6.07, 6.45) is 2.01. The molecule has 0 aliphatic carbocycles. The highest BCUT2D eigenvalue weighted by Crippen LogP contribution is 2.22. The Balaban J connectivity index is 2.68. The molecule has 15 heavy (non-hydrogen) atoms. The van der Waals surface area contributed by atoms with Crippen LogP contribution in [0.15, 0.2) is 18.3 Å². The normalized spacial score (nSPS) is 13.3. The second-order valence-electron chi connectivity index (χ2n) is 3.73. The summed E-state index contributed by atoms with van der Waals surface area (Å²) in [4.78, 5) is 4.37. The maximum absolute atomic E-state index is 6.09. The molecule has 0 amide bonds. The topological polar surface area (TPSA) is 29.3 Å². The number of pyridine rings is 1. The summed E-state index contributed by atoms with van der Waals surface area (Å²) in [5, 5.41) is 3.72. The summed E-state index contributed by atoms with van der Waals surface area (Å²) in [5.41, 5.74) is 2.15. The number of aromatic nitrogens is 2. The van der Waals surface area contributed by atoms with E-state index in [-0.39, 0.29) is 6.04 Å². The molecule has 0 saturated heterocycles. The Morgan fingerprint density at radius 1 is 1.53 bits per heavy atom. The molecule has 0 aliphatic rings. The van der Waals surface area contributed by atoms with Crippen molar-refractivity contribution in [3.8, 4) is 0 Å². The molecule has 1 atom stereocenters.